The molecule has 5 heteroatoms. The van der Waals surface area contributed by atoms with Gasteiger partial charge in [0.2, 0.25) is 0 Å². The van der Waals surface area contributed by atoms with Crippen LogP contribution in [0.25, 0.3) is 0 Å². The number of aliphatic hydroxyl groups is 2. The van der Waals surface area contributed by atoms with E-state index >= 15 is 0 Å². The molecular formula is C10H15N3O2. The van der Waals surface area contributed by atoms with Gasteiger partial charge in [0, 0.05) is 5.69 Å². The van der Waals surface area contributed by atoms with Gasteiger partial charge in [-0.1, -0.05) is 18.2 Å². The number of nitrogens with one attached hydrogen (secondary N) is 1. The molecule has 1 rings (SSSR count). The molecule has 5 N–H and O–H groups in total. The zero-order chi connectivity index (χ0) is 11.1. The molecule has 0 aliphatic carbocycles. The van der Waals surface area contributed by atoms with E-state index in [1.165, 1.54) is 0 Å². The summed E-state index contributed by atoms with van der Waals surface area (Å²) in [5.41, 5.74) is 6.39. The number of benzene rings is 1. The third-order valence-electron chi connectivity index (χ3n) is 1.79. The molecule has 0 saturated heterocycles. The van der Waals surface area contributed by atoms with E-state index in [4.69, 9.17) is 15.9 Å². The van der Waals surface area contributed by atoms with Crippen LogP contribution in [0.3, 0.4) is 0 Å². The second-order valence-corrected chi connectivity index (χ2v) is 3.02. The quantitative estimate of drug-likeness (QED) is 0.407. The van der Waals surface area contributed by atoms with E-state index in [1.54, 1.807) is 0 Å². The maximum Gasteiger partial charge on any atom is 0.193 e. The molecule has 0 bridgehead atoms. The lowest BCUT2D eigenvalue weighted by Crippen LogP contribution is -2.27. The molecule has 15 heavy (non-hydrogen) atoms. The molecule has 0 aromatic heterocycles. The normalized spacial score (nSPS) is 11.8. The van der Waals surface area contributed by atoms with Crippen LogP contribution in [-0.2, 0) is 0 Å². The highest BCUT2D eigenvalue weighted by Gasteiger charge is 2.03. The molecule has 0 radical (unpaired) electrons. The molecule has 1 aromatic rings. The summed E-state index contributed by atoms with van der Waals surface area (Å²) >= 11 is 0. The fourth-order valence-corrected chi connectivity index (χ4v) is 1.04. The fourth-order valence-electron chi connectivity index (χ4n) is 1.04. The molecule has 0 spiro atoms. The average Bonchev–Trinajstić information content (AvgIpc) is 2.27. The number of guanidine groups is 1. The SMILES string of the molecule is NC(=NC(CO)CO)Nc1ccccc1. The predicted molar refractivity (Wildman–Crippen MR) is 59.6 cm³/mol. The zero-order valence-electron chi connectivity index (χ0n) is 8.30. The Labute approximate surface area is 88.3 Å². The first kappa shape index (κ1) is 11.5. The number of nitrogens with zero attached hydrogens (tertiary/aromatic N) is 1. The van der Waals surface area contributed by atoms with E-state index in [0.29, 0.717) is 0 Å². The van der Waals surface area contributed by atoms with Crippen molar-refractivity contribution in [3.8, 4) is 0 Å². The third-order valence-corrected chi connectivity index (χ3v) is 1.79. The summed E-state index contributed by atoms with van der Waals surface area (Å²) in [7, 11) is 0. The summed E-state index contributed by atoms with van der Waals surface area (Å²) in [6.07, 6.45) is 0. The Morgan fingerprint density at radius 1 is 1.27 bits per heavy atom. The van der Waals surface area contributed by atoms with Crippen LogP contribution in [0.15, 0.2) is 35.3 Å². The van der Waals surface area contributed by atoms with E-state index in [1.807, 2.05) is 30.3 Å². The summed E-state index contributed by atoms with van der Waals surface area (Å²) in [4.78, 5) is 3.89. The number of aliphatic hydroxyl groups excluding tert-OH is 2. The number of anilines is 1. The van der Waals surface area contributed by atoms with E-state index < -0.39 is 6.04 Å². The van der Waals surface area contributed by atoms with Crippen LogP contribution in [0.2, 0.25) is 0 Å². The smallest absolute Gasteiger partial charge is 0.193 e. The van der Waals surface area contributed by atoms with Crippen molar-refractivity contribution in [1.29, 1.82) is 0 Å². The average molecular weight is 209 g/mol. The lowest BCUT2D eigenvalue weighted by molar-refractivity contribution is 0.195. The topological polar surface area (TPSA) is 90.9 Å². The van der Waals surface area contributed by atoms with Gasteiger partial charge in [-0.15, -0.1) is 0 Å². The number of nitrogens with two attached hydrogens (primary N) is 1. The van der Waals surface area contributed by atoms with Crippen molar-refractivity contribution in [2.24, 2.45) is 10.7 Å². The van der Waals surface area contributed by atoms with Crippen molar-refractivity contribution in [2.45, 2.75) is 6.04 Å². The minimum Gasteiger partial charge on any atom is -0.394 e. The highest BCUT2D eigenvalue weighted by molar-refractivity contribution is 5.92. The van der Waals surface area contributed by atoms with Crippen LogP contribution in [0, 0.1) is 0 Å². The third kappa shape index (κ3) is 3.97. The Hall–Kier alpha value is -1.59. The molecular weight excluding hydrogens is 194 g/mol. The molecule has 0 unspecified atom stereocenters. The van der Waals surface area contributed by atoms with Crippen molar-refractivity contribution in [2.75, 3.05) is 18.5 Å². The molecule has 0 fully saturated rings. The van der Waals surface area contributed by atoms with E-state index in [9.17, 15) is 0 Å². The van der Waals surface area contributed by atoms with Crippen LogP contribution in [0.4, 0.5) is 5.69 Å². The monoisotopic (exact) mass is 209 g/mol. The largest absolute Gasteiger partial charge is 0.394 e. The molecule has 5 nitrogen and oxygen atoms in total. The van der Waals surface area contributed by atoms with Gasteiger partial charge in [0.05, 0.1) is 19.3 Å². The first-order valence-corrected chi connectivity index (χ1v) is 4.63. The Morgan fingerprint density at radius 3 is 2.40 bits per heavy atom. The van der Waals surface area contributed by atoms with Gasteiger partial charge in [-0.25, -0.2) is 4.99 Å². The fraction of sp³-hybridized carbons (Fsp3) is 0.300. The maximum absolute atomic E-state index is 8.79. The number of aliphatic imine (C=N–C) groups is 1. The summed E-state index contributed by atoms with van der Waals surface area (Å²) in [5.74, 6) is 0.175. The second kappa shape index (κ2) is 6.00. The van der Waals surface area contributed by atoms with E-state index in [-0.39, 0.29) is 19.2 Å². The highest BCUT2D eigenvalue weighted by atomic mass is 16.3. The van der Waals surface area contributed by atoms with Crippen molar-refractivity contribution in [3.63, 3.8) is 0 Å². The minimum absolute atomic E-state index is 0.175. The van der Waals surface area contributed by atoms with Crippen molar-refractivity contribution in [3.05, 3.63) is 30.3 Å². The molecule has 0 aliphatic heterocycles. The minimum atomic E-state index is -0.568. The van der Waals surface area contributed by atoms with Gasteiger partial charge >= 0.3 is 0 Å². The second-order valence-electron chi connectivity index (χ2n) is 3.02. The first-order valence-electron chi connectivity index (χ1n) is 4.63. The van der Waals surface area contributed by atoms with Gasteiger partial charge in [-0.3, -0.25) is 0 Å². The summed E-state index contributed by atoms with van der Waals surface area (Å²) < 4.78 is 0. The number of para-hydroxylation sites is 1. The van der Waals surface area contributed by atoms with E-state index in [0.717, 1.165) is 5.69 Å². The van der Waals surface area contributed by atoms with Crippen LogP contribution in [0.5, 0.6) is 0 Å². The number of rotatable bonds is 4. The van der Waals surface area contributed by atoms with Crippen LogP contribution in [-0.4, -0.2) is 35.4 Å². The van der Waals surface area contributed by atoms with Gasteiger partial charge in [-0.2, -0.15) is 0 Å². The van der Waals surface area contributed by atoms with Gasteiger partial charge < -0.3 is 21.3 Å². The lowest BCUT2D eigenvalue weighted by Gasteiger charge is -2.09. The maximum atomic E-state index is 8.79. The molecule has 0 atom stereocenters. The van der Waals surface area contributed by atoms with Crippen LogP contribution < -0.4 is 11.1 Å². The Morgan fingerprint density at radius 2 is 1.87 bits per heavy atom. The van der Waals surface area contributed by atoms with Gasteiger partial charge in [-0.05, 0) is 12.1 Å². The van der Waals surface area contributed by atoms with Crippen LogP contribution in [0.1, 0.15) is 0 Å². The first-order chi connectivity index (χ1) is 7.26. The molecule has 1 aromatic carbocycles. The standard InChI is InChI=1S/C10H15N3O2/c11-10(13-9(6-14)7-15)12-8-4-2-1-3-5-8/h1-5,9,14-15H,6-7H2,(H3,11,12,13). The molecule has 0 heterocycles. The summed E-state index contributed by atoms with van der Waals surface area (Å²) in [6, 6.07) is 8.74. The molecule has 82 valence electrons. The van der Waals surface area contributed by atoms with Crippen LogP contribution >= 0.6 is 0 Å². The summed E-state index contributed by atoms with van der Waals surface area (Å²) in [5, 5.41) is 20.4. The van der Waals surface area contributed by atoms with E-state index in [2.05, 4.69) is 10.3 Å². The lowest BCUT2D eigenvalue weighted by atomic mass is 10.3. The Bertz CT molecular complexity index is 310. The van der Waals surface area contributed by atoms with Crippen molar-refractivity contribution in [1.82, 2.24) is 0 Å². The molecule has 0 saturated carbocycles. The Balaban J connectivity index is 2.58. The number of hydrogen-bond acceptors (Lipinski definition) is 3. The molecule has 0 amide bonds. The zero-order valence-corrected chi connectivity index (χ0v) is 8.30. The van der Waals surface area contributed by atoms with Gasteiger partial charge in [0.15, 0.2) is 5.96 Å². The van der Waals surface area contributed by atoms with Crippen molar-refractivity contribution < 1.29 is 10.2 Å². The Kier molecular flexibility index (Phi) is 4.59. The van der Waals surface area contributed by atoms with Gasteiger partial charge in [0.1, 0.15) is 0 Å². The molecule has 0 aliphatic rings. The predicted octanol–water partition coefficient (Wildman–Crippen LogP) is -0.234. The highest BCUT2D eigenvalue weighted by Crippen LogP contribution is 2.04. The van der Waals surface area contributed by atoms with Crippen molar-refractivity contribution >= 4 is 11.6 Å². The summed E-state index contributed by atoms with van der Waals surface area (Å²) in [6.45, 7) is -0.457. The van der Waals surface area contributed by atoms with Gasteiger partial charge in [0.25, 0.3) is 0 Å². The number of hydrogen-bond donors (Lipinski definition) is 4.